The van der Waals surface area contributed by atoms with Gasteiger partial charge in [0.25, 0.3) is 0 Å². The number of urea groups is 1. The third kappa shape index (κ3) is 4.84. The Hall–Kier alpha value is -2.83. The summed E-state index contributed by atoms with van der Waals surface area (Å²) >= 11 is 0. The van der Waals surface area contributed by atoms with Gasteiger partial charge < -0.3 is 20.5 Å². The molecule has 1 heterocycles. The van der Waals surface area contributed by atoms with Gasteiger partial charge in [-0.25, -0.2) is 4.79 Å². The molecule has 0 bridgehead atoms. The van der Waals surface area contributed by atoms with Crippen molar-refractivity contribution < 1.29 is 14.1 Å². The Morgan fingerprint density at radius 3 is 2.52 bits per heavy atom. The lowest BCUT2D eigenvalue weighted by Crippen LogP contribution is -2.55. The van der Waals surface area contributed by atoms with Gasteiger partial charge in [-0.05, 0) is 32.9 Å². The number of nitrogens with one attached hydrogen (secondary N) is 3. The third-order valence-corrected chi connectivity index (χ3v) is 3.13. The smallest absolute Gasteiger partial charge is 0.320 e. The van der Waals surface area contributed by atoms with Crippen LogP contribution < -0.4 is 16.0 Å². The van der Waals surface area contributed by atoms with E-state index in [-0.39, 0.29) is 12.5 Å². The molecule has 0 saturated carbocycles. The fraction of sp³-hybridized carbons (Fsp3) is 0.312. The van der Waals surface area contributed by atoms with Gasteiger partial charge in [0.05, 0.1) is 6.54 Å². The largest absolute Gasteiger partial charge is 0.361 e. The predicted octanol–water partition coefficient (Wildman–Crippen LogP) is 2.20. The van der Waals surface area contributed by atoms with E-state index in [1.54, 1.807) is 39.0 Å². The molecule has 3 amide bonds. The van der Waals surface area contributed by atoms with E-state index in [2.05, 4.69) is 21.1 Å². The van der Waals surface area contributed by atoms with Crippen molar-refractivity contribution in [3.63, 3.8) is 0 Å². The lowest BCUT2D eigenvalue weighted by Gasteiger charge is -2.25. The molecule has 0 saturated heterocycles. The third-order valence-electron chi connectivity index (χ3n) is 3.13. The van der Waals surface area contributed by atoms with E-state index in [1.165, 1.54) is 0 Å². The van der Waals surface area contributed by atoms with Gasteiger partial charge in [0.15, 0.2) is 0 Å². The molecule has 7 heteroatoms. The van der Waals surface area contributed by atoms with Crippen LogP contribution in [0.5, 0.6) is 0 Å². The quantitative estimate of drug-likeness (QED) is 0.788. The van der Waals surface area contributed by atoms with E-state index in [0.29, 0.717) is 17.1 Å². The van der Waals surface area contributed by atoms with Crippen molar-refractivity contribution in [3.05, 3.63) is 47.9 Å². The van der Waals surface area contributed by atoms with Crippen molar-refractivity contribution in [3.8, 4) is 0 Å². The van der Waals surface area contributed by atoms with Crippen LogP contribution in [0.25, 0.3) is 0 Å². The highest BCUT2D eigenvalue weighted by Crippen LogP contribution is 2.08. The van der Waals surface area contributed by atoms with Crippen molar-refractivity contribution >= 4 is 17.6 Å². The molecule has 0 aliphatic heterocycles. The van der Waals surface area contributed by atoms with Crippen LogP contribution in [0.15, 0.2) is 40.9 Å². The zero-order chi connectivity index (χ0) is 16.9. The predicted molar refractivity (Wildman–Crippen MR) is 85.8 cm³/mol. The summed E-state index contributed by atoms with van der Waals surface area (Å²) in [6.45, 7) is 5.27. The minimum Gasteiger partial charge on any atom is -0.361 e. The molecule has 0 unspecified atom stereocenters. The highest BCUT2D eigenvalue weighted by atomic mass is 16.5. The van der Waals surface area contributed by atoms with Crippen molar-refractivity contribution in [2.45, 2.75) is 32.9 Å². The molecule has 0 atom stereocenters. The summed E-state index contributed by atoms with van der Waals surface area (Å²) in [5.41, 5.74) is 0.206. The van der Waals surface area contributed by atoms with Gasteiger partial charge in [0.1, 0.15) is 17.0 Å². The number of carbonyl (C=O) groups is 2. The number of nitrogens with zero attached hydrogens (tertiary/aromatic N) is 1. The number of hydrogen-bond donors (Lipinski definition) is 3. The highest BCUT2D eigenvalue weighted by Gasteiger charge is 2.29. The maximum Gasteiger partial charge on any atom is 0.320 e. The second-order valence-electron chi connectivity index (χ2n) is 5.68. The molecule has 0 fully saturated rings. The molecule has 3 N–H and O–H groups in total. The fourth-order valence-corrected chi connectivity index (χ4v) is 1.92. The van der Waals surface area contributed by atoms with Crippen LogP contribution in [0.1, 0.15) is 25.3 Å². The van der Waals surface area contributed by atoms with Crippen LogP contribution in [0, 0.1) is 6.92 Å². The van der Waals surface area contributed by atoms with Crippen LogP contribution in [0.4, 0.5) is 10.5 Å². The number of amides is 3. The summed E-state index contributed by atoms with van der Waals surface area (Å²) in [7, 11) is 0. The lowest BCUT2D eigenvalue weighted by atomic mass is 10.0. The second-order valence-corrected chi connectivity index (χ2v) is 5.68. The Morgan fingerprint density at radius 2 is 1.91 bits per heavy atom. The Balaban J connectivity index is 1.86. The van der Waals surface area contributed by atoms with E-state index in [1.807, 2.05) is 18.2 Å². The number of aryl methyl sites for hydroxylation is 1. The lowest BCUT2D eigenvalue weighted by molar-refractivity contribution is -0.126. The number of hydrogen-bond acceptors (Lipinski definition) is 4. The molecule has 0 spiro atoms. The Labute approximate surface area is 134 Å². The number of para-hydroxylation sites is 1. The van der Waals surface area contributed by atoms with Crippen LogP contribution >= 0.6 is 0 Å². The molecular formula is C16H20N4O3. The molecule has 0 radical (unpaired) electrons. The second kappa shape index (κ2) is 6.95. The minimum absolute atomic E-state index is 0.238. The summed E-state index contributed by atoms with van der Waals surface area (Å²) in [4.78, 5) is 24.2. The first kappa shape index (κ1) is 16.5. The zero-order valence-corrected chi connectivity index (χ0v) is 13.3. The molecule has 122 valence electrons. The van der Waals surface area contributed by atoms with Crippen molar-refractivity contribution in [2.75, 3.05) is 5.32 Å². The van der Waals surface area contributed by atoms with Gasteiger partial charge in [0, 0.05) is 11.8 Å². The zero-order valence-electron chi connectivity index (χ0n) is 13.3. The van der Waals surface area contributed by atoms with Crippen molar-refractivity contribution in [2.24, 2.45) is 0 Å². The number of aromatic nitrogens is 1. The maximum atomic E-state index is 12.2. The molecule has 23 heavy (non-hydrogen) atoms. The van der Waals surface area contributed by atoms with Gasteiger partial charge in [-0.2, -0.15) is 0 Å². The summed E-state index contributed by atoms with van der Waals surface area (Å²) < 4.78 is 4.93. The number of anilines is 1. The van der Waals surface area contributed by atoms with Gasteiger partial charge >= 0.3 is 6.03 Å². The van der Waals surface area contributed by atoms with Crippen molar-refractivity contribution in [1.82, 2.24) is 15.8 Å². The average Bonchev–Trinajstić information content (AvgIpc) is 2.90. The van der Waals surface area contributed by atoms with Gasteiger partial charge in [-0.1, -0.05) is 23.4 Å². The van der Waals surface area contributed by atoms with Crippen LogP contribution in [0.3, 0.4) is 0 Å². The van der Waals surface area contributed by atoms with Gasteiger partial charge in [0.2, 0.25) is 5.91 Å². The van der Waals surface area contributed by atoms with Gasteiger partial charge in [-0.3, -0.25) is 4.79 Å². The first-order valence-electron chi connectivity index (χ1n) is 7.21. The fourth-order valence-electron chi connectivity index (χ4n) is 1.92. The van der Waals surface area contributed by atoms with E-state index in [4.69, 9.17) is 4.52 Å². The maximum absolute atomic E-state index is 12.2. The SMILES string of the molecule is Cc1cc(CNC(=O)C(C)(C)NC(=O)Nc2ccccc2)no1. The highest BCUT2D eigenvalue weighted by molar-refractivity contribution is 5.95. The van der Waals surface area contributed by atoms with Crippen LogP contribution in [0.2, 0.25) is 0 Å². The topological polar surface area (TPSA) is 96.3 Å². The summed E-state index contributed by atoms with van der Waals surface area (Å²) in [6.07, 6.45) is 0. The normalized spacial score (nSPS) is 10.9. The molecule has 0 aliphatic carbocycles. The Morgan fingerprint density at radius 1 is 1.22 bits per heavy atom. The van der Waals surface area contributed by atoms with Crippen molar-refractivity contribution in [1.29, 1.82) is 0 Å². The minimum atomic E-state index is -1.07. The van der Waals surface area contributed by atoms with E-state index in [0.717, 1.165) is 0 Å². The molecule has 2 rings (SSSR count). The standard InChI is InChI=1S/C16H20N4O3/c1-11-9-13(20-23-11)10-17-14(21)16(2,3)19-15(22)18-12-7-5-4-6-8-12/h4-9H,10H2,1-3H3,(H,17,21)(H2,18,19,22). The molecule has 2 aromatic rings. The van der Waals surface area contributed by atoms with Gasteiger partial charge in [-0.15, -0.1) is 0 Å². The number of rotatable bonds is 5. The van der Waals surface area contributed by atoms with E-state index in [9.17, 15) is 9.59 Å². The first-order chi connectivity index (χ1) is 10.9. The Kier molecular flexibility index (Phi) is 5.00. The van der Waals surface area contributed by atoms with Crippen LogP contribution in [-0.2, 0) is 11.3 Å². The number of benzene rings is 1. The van der Waals surface area contributed by atoms with Crippen LogP contribution in [-0.4, -0.2) is 22.6 Å². The molecular weight excluding hydrogens is 296 g/mol. The molecule has 0 aliphatic rings. The summed E-state index contributed by atoms with van der Waals surface area (Å²) in [5.74, 6) is 0.357. The Bertz CT molecular complexity index is 680. The average molecular weight is 316 g/mol. The molecule has 1 aromatic carbocycles. The van der Waals surface area contributed by atoms with E-state index < -0.39 is 11.6 Å². The number of carbonyl (C=O) groups excluding carboxylic acids is 2. The first-order valence-corrected chi connectivity index (χ1v) is 7.21. The summed E-state index contributed by atoms with van der Waals surface area (Å²) in [5, 5.41) is 11.8. The summed E-state index contributed by atoms with van der Waals surface area (Å²) in [6, 6.07) is 10.3. The molecule has 7 nitrogen and oxygen atoms in total. The van der Waals surface area contributed by atoms with E-state index >= 15 is 0 Å². The molecule has 1 aromatic heterocycles. The monoisotopic (exact) mass is 316 g/mol.